The molecule has 1 aliphatic heterocycles. The Hall–Kier alpha value is -1.36. The maximum absolute atomic E-state index is 12.5. The Bertz CT molecular complexity index is 1090. The molecule has 20 heteroatoms. The van der Waals surface area contributed by atoms with Gasteiger partial charge in [-0.1, -0.05) is 12.1 Å². The van der Waals surface area contributed by atoms with Crippen LogP contribution in [0, 0.1) is 6.92 Å². The van der Waals surface area contributed by atoms with E-state index < -0.39 is 48.0 Å². The second-order valence-electron chi connectivity index (χ2n) is 6.82. The van der Waals surface area contributed by atoms with E-state index in [0.717, 1.165) is 10.9 Å². The van der Waals surface area contributed by atoms with Gasteiger partial charge in [0, 0.05) is 11.6 Å². The number of aliphatic hydroxyl groups excluding tert-OH is 2. The van der Waals surface area contributed by atoms with E-state index in [9.17, 15) is 15.0 Å². The quantitative estimate of drug-likeness (QED) is 0.168. The Kier molecular flexibility index (Phi) is 12.7. The molecule has 17 nitrogen and oxygen atoms in total. The van der Waals surface area contributed by atoms with E-state index in [-0.39, 0.29) is 5.56 Å². The number of benzene rings is 1. The predicted molar refractivity (Wildman–Crippen MR) is 117 cm³/mol. The molecule has 4 unspecified atom stereocenters. The maximum atomic E-state index is 12.5. The average molecular weight is 569 g/mol. The van der Waals surface area contributed by atoms with Gasteiger partial charge in [-0.3, -0.25) is 9.36 Å². The maximum Gasteiger partial charge on any atom is 0.466 e. The van der Waals surface area contributed by atoms with Crippen LogP contribution in [0.15, 0.2) is 35.3 Å². The zero-order chi connectivity index (χ0) is 27.9. The molecule has 0 amide bonds. The number of hydrogen-bond acceptors (Lipinski definition) is 7. The topological polar surface area (TPSA) is 305 Å². The zero-order valence-electron chi connectivity index (χ0n) is 17.9. The van der Waals surface area contributed by atoms with Crippen molar-refractivity contribution in [2.24, 2.45) is 0 Å². The highest BCUT2D eigenvalue weighted by Crippen LogP contribution is 2.29. The molecule has 1 aliphatic rings. The van der Waals surface area contributed by atoms with E-state index >= 15 is 0 Å². The number of ether oxygens (including phenoxy) is 1. The Balaban J connectivity index is 0.000000635. The van der Waals surface area contributed by atoms with Crippen molar-refractivity contribution in [3.8, 4) is 0 Å². The number of phosphoric acid groups is 3. The summed E-state index contributed by atoms with van der Waals surface area (Å²) in [6.07, 6.45) is -1.84. The van der Waals surface area contributed by atoms with Gasteiger partial charge in [-0.2, -0.15) is 0 Å². The van der Waals surface area contributed by atoms with Crippen LogP contribution in [0.2, 0.25) is 0 Å². The summed E-state index contributed by atoms with van der Waals surface area (Å²) < 4.78 is 33.5. The molecule has 4 atom stereocenters. The van der Waals surface area contributed by atoms with Crippen molar-refractivity contribution in [2.45, 2.75) is 38.4 Å². The van der Waals surface area contributed by atoms with E-state index in [1.165, 1.54) is 4.57 Å². The average Bonchev–Trinajstić information content (AvgIpc) is 2.86. The lowest BCUT2D eigenvalue weighted by Crippen LogP contribution is -2.34. The minimum absolute atomic E-state index is 0.225. The van der Waals surface area contributed by atoms with Crippen LogP contribution < -0.4 is 5.56 Å². The van der Waals surface area contributed by atoms with Gasteiger partial charge < -0.3 is 59.0 Å². The lowest BCUT2D eigenvalue weighted by atomic mass is 10.1. The summed E-state index contributed by atoms with van der Waals surface area (Å²) >= 11 is 0. The van der Waals surface area contributed by atoms with Gasteiger partial charge in [0.15, 0.2) is 6.23 Å². The molecule has 2 heterocycles. The number of pyridine rings is 1. The highest BCUT2D eigenvalue weighted by molar-refractivity contribution is 7.45. The number of hydrogen-bond donors (Lipinski definition) is 11. The highest BCUT2D eigenvalue weighted by atomic mass is 31.2. The fourth-order valence-electron chi connectivity index (χ4n) is 2.71. The van der Waals surface area contributed by atoms with E-state index in [4.69, 9.17) is 62.5 Å². The molecule has 1 saturated heterocycles. The van der Waals surface area contributed by atoms with Crippen LogP contribution in [-0.4, -0.2) is 77.1 Å². The Morgan fingerprint density at radius 2 is 1.20 bits per heavy atom. The fraction of sp³-hybridized carbons (Fsp3) is 0.400. The third kappa shape index (κ3) is 14.7. The molecule has 11 N–H and O–H groups in total. The Labute approximate surface area is 196 Å². The first kappa shape index (κ1) is 33.6. The summed E-state index contributed by atoms with van der Waals surface area (Å²) in [5, 5.41) is 21.2. The van der Waals surface area contributed by atoms with Crippen LogP contribution >= 0.6 is 23.5 Å². The smallest absolute Gasteiger partial charge is 0.388 e. The van der Waals surface area contributed by atoms with Gasteiger partial charge in [-0.05, 0) is 36.9 Å². The Morgan fingerprint density at radius 1 is 0.771 bits per heavy atom. The van der Waals surface area contributed by atoms with Gasteiger partial charge in [0.25, 0.3) is 5.56 Å². The van der Waals surface area contributed by atoms with Crippen LogP contribution in [0.25, 0.3) is 10.8 Å². The highest BCUT2D eigenvalue weighted by Gasteiger charge is 2.41. The molecule has 1 fully saturated rings. The van der Waals surface area contributed by atoms with Crippen molar-refractivity contribution in [1.29, 1.82) is 0 Å². The van der Waals surface area contributed by atoms with Gasteiger partial charge in [0.1, 0.15) is 12.2 Å². The summed E-state index contributed by atoms with van der Waals surface area (Å²) in [6.45, 7) is 3.61. The molecule has 0 bridgehead atoms. The largest absolute Gasteiger partial charge is 0.466 e. The van der Waals surface area contributed by atoms with Gasteiger partial charge >= 0.3 is 23.5 Å². The number of aryl methyl sites for hydroxylation is 1. The summed E-state index contributed by atoms with van der Waals surface area (Å²) in [4.78, 5) is 77.2. The fourth-order valence-corrected chi connectivity index (χ4v) is 2.71. The van der Waals surface area contributed by atoms with E-state index in [1.54, 1.807) is 19.2 Å². The van der Waals surface area contributed by atoms with Gasteiger partial charge in [0.2, 0.25) is 0 Å². The lowest BCUT2D eigenvalue weighted by Gasteiger charge is -2.18. The molecule has 202 valence electrons. The minimum atomic E-state index is -4.64. The normalized spacial score (nSPS) is 22.2. The van der Waals surface area contributed by atoms with Crippen LogP contribution in [0.3, 0.4) is 0 Å². The molecule has 2 aromatic rings. The van der Waals surface area contributed by atoms with Crippen molar-refractivity contribution in [1.82, 2.24) is 4.57 Å². The minimum Gasteiger partial charge on any atom is -0.388 e. The second-order valence-corrected chi connectivity index (χ2v) is 9.90. The van der Waals surface area contributed by atoms with Crippen molar-refractivity contribution in [3.05, 3.63) is 46.4 Å². The van der Waals surface area contributed by atoms with E-state index in [2.05, 4.69) is 0 Å². The van der Waals surface area contributed by atoms with Crippen LogP contribution in [0.4, 0.5) is 0 Å². The molecule has 0 radical (unpaired) electrons. The standard InChI is InChI=1S/C15H17NO4.3H3O4P/c1-8-4-3-5-11-10(8)6-7-16(14(11)19)15-13(18)12(17)9(2)20-15;3*1-5(2,3)4/h3-7,9,12-13,15,17-18H,1-2H3;3*(H3,1,2,3,4). The van der Waals surface area contributed by atoms with Crippen molar-refractivity contribution in [2.75, 3.05) is 0 Å². The van der Waals surface area contributed by atoms with Crippen LogP contribution in [0.5, 0.6) is 0 Å². The summed E-state index contributed by atoms with van der Waals surface area (Å²) in [6, 6.07) is 7.35. The molecule has 3 rings (SSSR count). The third-order valence-electron chi connectivity index (χ3n) is 3.94. The molecule has 0 spiro atoms. The molecule has 35 heavy (non-hydrogen) atoms. The number of nitrogens with zero attached hydrogens (tertiary/aromatic N) is 1. The van der Waals surface area contributed by atoms with Crippen LogP contribution in [0.1, 0.15) is 18.7 Å². The first-order valence-corrected chi connectivity index (χ1v) is 13.7. The molecule has 0 saturated carbocycles. The number of fused-ring (bicyclic) bond motifs is 1. The molecular formula is C15H26NO16P3. The summed E-state index contributed by atoms with van der Waals surface area (Å²) in [5.41, 5.74) is 0.796. The van der Waals surface area contributed by atoms with Gasteiger partial charge in [-0.15, -0.1) is 0 Å². The van der Waals surface area contributed by atoms with Gasteiger partial charge in [-0.25, -0.2) is 13.7 Å². The third-order valence-corrected chi connectivity index (χ3v) is 3.94. The summed E-state index contributed by atoms with van der Waals surface area (Å²) in [5.74, 6) is 0. The number of aliphatic hydroxyl groups is 2. The zero-order valence-corrected chi connectivity index (χ0v) is 20.6. The monoisotopic (exact) mass is 569 g/mol. The molecule has 0 aliphatic carbocycles. The number of aromatic nitrogens is 1. The van der Waals surface area contributed by atoms with E-state index in [1.807, 2.05) is 25.1 Å². The Morgan fingerprint density at radius 3 is 1.57 bits per heavy atom. The SMILES string of the molecule is Cc1cccc2c(=O)n(C3OC(C)C(O)C3O)ccc12.O=P(O)(O)O.O=P(O)(O)O.O=P(O)(O)O. The first-order chi connectivity index (χ1) is 15.5. The van der Waals surface area contributed by atoms with Crippen molar-refractivity contribution in [3.63, 3.8) is 0 Å². The molecule has 1 aromatic heterocycles. The van der Waals surface area contributed by atoms with Crippen molar-refractivity contribution >= 4 is 34.2 Å². The van der Waals surface area contributed by atoms with Gasteiger partial charge in [0.05, 0.1) is 6.10 Å². The van der Waals surface area contributed by atoms with Crippen molar-refractivity contribution < 1.29 is 72.7 Å². The molecule has 1 aromatic carbocycles. The van der Waals surface area contributed by atoms with Crippen LogP contribution in [-0.2, 0) is 18.4 Å². The lowest BCUT2D eigenvalue weighted by molar-refractivity contribution is -0.0339. The molecular weight excluding hydrogens is 543 g/mol. The second kappa shape index (κ2) is 13.3. The predicted octanol–water partition coefficient (Wildman–Crippen LogP) is -1.84. The first-order valence-electron chi connectivity index (χ1n) is 8.97. The number of rotatable bonds is 1. The van der Waals surface area contributed by atoms with E-state index in [0.29, 0.717) is 5.39 Å². The summed E-state index contributed by atoms with van der Waals surface area (Å²) in [7, 11) is -13.9.